The molecule has 2 aromatic carbocycles. The lowest BCUT2D eigenvalue weighted by atomic mass is 9.92. The molecule has 1 unspecified atom stereocenters. The van der Waals surface area contributed by atoms with Crippen LogP contribution in [0.25, 0.3) is 10.8 Å². The molecule has 6 rings (SSSR count). The van der Waals surface area contributed by atoms with E-state index >= 15 is 0 Å². The fourth-order valence-corrected chi connectivity index (χ4v) is 7.07. The summed E-state index contributed by atoms with van der Waals surface area (Å²) in [7, 11) is 4.29. The Hall–Kier alpha value is -3.83. The molecular weight excluding hydrogens is 522 g/mol. The van der Waals surface area contributed by atoms with E-state index in [4.69, 9.17) is 14.7 Å². The minimum absolute atomic E-state index is 0.0790. The lowest BCUT2D eigenvalue weighted by molar-refractivity contribution is 0.0549. The molecule has 3 aliphatic rings. The molecule has 2 aliphatic heterocycles. The van der Waals surface area contributed by atoms with E-state index in [1.54, 1.807) is 0 Å². The maximum atomic E-state index is 9.59. The molecule has 3 aromatic rings. The molecule has 1 aliphatic carbocycles. The maximum Gasteiger partial charge on any atom is 0.319 e. The standard InChI is InChI=1S/C34H43N7O/c1-4-19-39-21-22-41(23-26(39)16-18-35)33-28-17-20-40(30-14-9-11-25-10-5-6-12-27(25)30)24-29(28)36-34(37-33)42-32-15-8-7-13-31(32)38(2)3/h4-6,9-12,14,19,26,31-32H,7-8,13,15-17,20-24H2,1-3H3/t26?,31-,32-/m0/s1. The summed E-state index contributed by atoms with van der Waals surface area (Å²) in [6, 6.07) is 18.6. The normalized spacial score (nSPS) is 22.9. The highest BCUT2D eigenvalue weighted by Crippen LogP contribution is 2.35. The predicted octanol–water partition coefficient (Wildman–Crippen LogP) is 5.38. The molecule has 1 saturated carbocycles. The number of nitrogens with zero attached hydrogens (tertiary/aromatic N) is 7. The van der Waals surface area contributed by atoms with Gasteiger partial charge in [0, 0.05) is 48.9 Å². The van der Waals surface area contributed by atoms with Crippen LogP contribution in [0.1, 0.15) is 50.3 Å². The van der Waals surface area contributed by atoms with Crippen molar-refractivity contribution in [3.05, 3.63) is 66.0 Å². The Morgan fingerprint density at radius 2 is 1.86 bits per heavy atom. The monoisotopic (exact) mass is 565 g/mol. The quantitative estimate of drug-likeness (QED) is 0.378. The number of rotatable bonds is 7. The summed E-state index contributed by atoms with van der Waals surface area (Å²) < 4.78 is 6.69. The lowest BCUT2D eigenvalue weighted by Crippen LogP contribution is -2.51. The second-order valence-electron chi connectivity index (χ2n) is 12.1. The fourth-order valence-electron chi connectivity index (χ4n) is 7.07. The third-order valence-electron chi connectivity index (χ3n) is 9.21. The highest BCUT2D eigenvalue weighted by Gasteiger charge is 2.33. The third-order valence-corrected chi connectivity index (χ3v) is 9.21. The summed E-state index contributed by atoms with van der Waals surface area (Å²) in [5.74, 6) is 0.993. The second kappa shape index (κ2) is 12.6. The Morgan fingerprint density at radius 3 is 2.69 bits per heavy atom. The number of hydrogen-bond acceptors (Lipinski definition) is 8. The summed E-state index contributed by atoms with van der Waals surface area (Å²) in [4.78, 5) is 19.7. The van der Waals surface area contributed by atoms with Gasteiger partial charge in [-0.2, -0.15) is 15.2 Å². The smallest absolute Gasteiger partial charge is 0.319 e. The highest BCUT2D eigenvalue weighted by atomic mass is 16.5. The number of hydrogen-bond donors (Lipinski definition) is 0. The summed E-state index contributed by atoms with van der Waals surface area (Å²) in [5, 5.41) is 12.1. The number of ether oxygens (including phenoxy) is 1. The Labute approximate surface area is 250 Å². The summed E-state index contributed by atoms with van der Waals surface area (Å²) in [6.45, 7) is 6.14. The van der Waals surface area contributed by atoms with E-state index in [9.17, 15) is 5.26 Å². The molecule has 0 amide bonds. The average Bonchev–Trinajstić information content (AvgIpc) is 3.01. The van der Waals surface area contributed by atoms with Crippen molar-refractivity contribution in [3.63, 3.8) is 0 Å². The predicted molar refractivity (Wildman–Crippen MR) is 169 cm³/mol. The number of anilines is 2. The van der Waals surface area contributed by atoms with Gasteiger partial charge in [-0.3, -0.25) is 0 Å². The minimum Gasteiger partial charge on any atom is -0.458 e. The molecule has 8 nitrogen and oxygen atoms in total. The zero-order valence-corrected chi connectivity index (χ0v) is 25.2. The molecule has 220 valence electrons. The Bertz CT molecular complexity index is 1460. The van der Waals surface area contributed by atoms with Crippen molar-refractivity contribution in [2.24, 2.45) is 0 Å². The number of fused-ring (bicyclic) bond motifs is 2. The number of benzene rings is 2. The van der Waals surface area contributed by atoms with Gasteiger partial charge in [0.15, 0.2) is 0 Å². The summed E-state index contributed by atoms with van der Waals surface area (Å²) >= 11 is 0. The van der Waals surface area contributed by atoms with E-state index in [0.29, 0.717) is 18.5 Å². The molecule has 3 atom stereocenters. The van der Waals surface area contributed by atoms with Crippen LogP contribution < -0.4 is 14.5 Å². The van der Waals surface area contributed by atoms with Gasteiger partial charge in [-0.25, -0.2) is 0 Å². The van der Waals surface area contributed by atoms with E-state index in [-0.39, 0.29) is 12.1 Å². The van der Waals surface area contributed by atoms with Gasteiger partial charge in [0.2, 0.25) is 0 Å². The third kappa shape index (κ3) is 5.76. The van der Waals surface area contributed by atoms with Crippen LogP contribution in [0.5, 0.6) is 6.01 Å². The van der Waals surface area contributed by atoms with E-state index < -0.39 is 0 Å². The first-order valence-electron chi connectivity index (χ1n) is 15.5. The lowest BCUT2D eigenvalue weighted by Gasteiger charge is -2.42. The van der Waals surface area contributed by atoms with E-state index in [0.717, 1.165) is 63.5 Å². The highest BCUT2D eigenvalue weighted by molar-refractivity contribution is 5.94. The molecule has 1 saturated heterocycles. The van der Waals surface area contributed by atoms with Gasteiger partial charge >= 0.3 is 6.01 Å². The van der Waals surface area contributed by atoms with Crippen LogP contribution in [0.4, 0.5) is 11.5 Å². The minimum atomic E-state index is 0.0790. The van der Waals surface area contributed by atoms with Gasteiger partial charge in [0.25, 0.3) is 0 Å². The number of piperazine rings is 1. The topological polar surface area (TPSA) is 71.8 Å². The zero-order valence-electron chi connectivity index (χ0n) is 25.2. The molecule has 0 bridgehead atoms. The van der Waals surface area contributed by atoms with Crippen LogP contribution in [0.3, 0.4) is 0 Å². The molecule has 3 heterocycles. The molecule has 0 spiro atoms. The van der Waals surface area contributed by atoms with Crippen LogP contribution >= 0.6 is 0 Å². The van der Waals surface area contributed by atoms with Crippen molar-refractivity contribution in [3.8, 4) is 12.1 Å². The first-order valence-corrected chi connectivity index (χ1v) is 15.5. The molecule has 8 heteroatoms. The molecule has 0 N–H and O–H groups in total. The SMILES string of the molecule is CC=CN1CCN(c2nc(O[C@H]3CCCC[C@@H]3N(C)C)nc3c2CCN(c2cccc4ccccc24)C3)CC1CC#N. The first kappa shape index (κ1) is 28.3. The van der Waals surface area contributed by atoms with Crippen LogP contribution in [-0.2, 0) is 13.0 Å². The van der Waals surface area contributed by atoms with Gasteiger partial charge in [-0.1, -0.05) is 48.9 Å². The van der Waals surface area contributed by atoms with Gasteiger partial charge < -0.3 is 24.3 Å². The first-order chi connectivity index (χ1) is 20.6. The van der Waals surface area contributed by atoms with Gasteiger partial charge in [-0.15, -0.1) is 0 Å². The molecular formula is C34H43N7O. The summed E-state index contributed by atoms with van der Waals surface area (Å²) in [5.41, 5.74) is 3.52. The van der Waals surface area contributed by atoms with Gasteiger partial charge in [0.1, 0.15) is 11.9 Å². The van der Waals surface area contributed by atoms with Gasteiger partial charge in [-0.05, 0) is 64.4 Å². The maximum absolute atomic E-state index is 9.59. The van der Waals surface area contributed by atoms with Crippen molar-refractivity contribution in [2.75, 3.05) is 50.1 Å². The fraction of sp³-hybridized carbons (Fsp3) is 0.500. The van der Waals surface area contributed by atoms with E-state index in [1.165, 1.54) is 34.9 Å². The van der Waals surface area contributed by atoms with Crippen LogP contribution in [0.2, 0.25) is 0 Å². The van der Waals surface area contributed by atoms with Crippen molar-refractivity contribution in [1.29, 1.82) is 5.26 Å². The second-order valence-corrected chi connectivity index (χ2v) is 12.1. The van der Waals surface area contributed by atoms with Crippen LogP contribution in [-0.4, -0.2) is 78.2 Å². The van der Waals surface area contributed by atoms with E-state index in [2.05, 4.69) is 94.5 Å². The van der Waals surface area contributed by atoms with Crippen molar-refractivity contribution in [1.82, 2.24) is 19.8 Å². The van der Waals surface area contributed by atoms with Crippen LogP contribution in [0.15, 0.2) is 54.7 Å². The Kier molecular flexibility index (Phi) is 8.48. The zero-order chi connectivity index (χ0) is 29.1. The van der Waals surface area contributed by atoms with Crippen LogP contribution in [0, 0.1) is 11.3 Å². The van der Waals surface area contributed by atoms with E-state index in [1.807, 2.05) is 6.92 Å². The van der Waals surface area contributed by atoms with Crippen molar-refractivity contribution < 1.29 is 4.74 Å². The number of aromatic nitrogens is 2. The summed E-state index contributed by atoms with van der Waals surface area (Å²) in [6.07, 6.45) is 10.2. The van der Waals surface area contributed by atoms with Gasteiger partial charge in [0.05, 0.1) is 30.8 Å². The Morgan fingerprint density at radius 1 is 1.02 bits per heavy atom. The number of likely N-dealkylation sites (N-methyl/N-ethyl adjacent to an activating group) is 1. The molecule has 2 fully saturated rings. The van der Waals surface area contributed by atoms with Crippen molar-refractivity contribution >= 4 is 22.3 Å². The number of allylic oxidation sites excluding steroid dienone is 1. The average molecular weight is 566 g/mol. The molecule has 1 aromatic heterocycles. The molecule has 42 heavy (non-hydrogen) atoms. The molecule has 0 radical (unpaired) electrons. The Balaban J connectivity index is 1.36. The van der Waals surface area contributed by atoms with Crippen molar-refractivity contribution in [2.45, 2.75) is 70.2 Å². The largest absolute Gasteiger partial charge is 0.458 e. The number of nitriles is 1.